The van der Waals surface area contributed by atoms with E-state index in [0.29, 0.717) is 16.7 Å². The number of Topliss-reactive ketones (excluding diaryl/α,β-unsaturated/α-hetero) is 1. The normalized spacial score (nSPS) is 17.0. The Bertz CT molecular complexity index is 724. The van der Waals surface area contributed by atoms with E-state index in [9.17, 15) is 4.79 Å². The zero-order chi connectivity index (χ0) is 15.7. The van der Waals surface area contributed by atoms with E-state index in [1.165, 1.54) is 0 Å². The lowest BCUT2D eigenvalue weighted by Crippen LogP contribution is -2.48. The summed E-state index contributed by atoms with van der Waals surface area (Å²) in [6.07, 6.45) is 5.62. The van der Waals surface area contributed by atoms with Crippen molar-refractivity contribution in [2.75, 3.05) is 0 Å². The Labute approximate surface area is 140 Å². The highest BCUT2D eigenvalue weighted by Crippen LogP contribution is 2.32. The number of rotatable bonds is 4. The molecular formula is C17H18Cl2N2O. The van der Waals surface area contributed by atoms with Gasteiger partial charge in [0.15, 0.2) is 0 Å². The van der Waals surface area contributed by atoms with Crippen molar-refractivity contribution in [3.8, 4) is 0 Å². The van der Waals surface area contributed by atoms with Crippen LogP contribution in [0.5, 0.6) is 0 Å². The van der Waals surface area contributed by atoms with Gasteiger partial charge in [0.2, 0.25) is 0 Å². The highest BCUT2D eigenvalue weighted by atomic mass is 35.5. The van der Waals surface area contributed by atoms with Crippen LogP contribution in [0.2, 0.25) is 10.2 Å². The maximum absolute atomic E-state index is 12.0. The molecule has 116 valence electrons. The van der Waals surface area contributed by atoms with Gasteiger partial charge >= 0.3 is 0 Å². The molecule has 0 spiro atoms. The number of nitrogens with one attached hydrogen (secondary N) is 1. The van der Waals surface area contributed by atoms with Gasteiger partial charge in [-0.15, -0.1) is 0 Å². The average Bonchev–Trinajstić information content (AvgIpc) is 2.99. The Balaban J connectivity index is 1.85. The van der Waals surface area contributed by atoms with E-state index in [1.54, 1.807) is 13.1 Å². The SMILES string of the molecule is CC(=O)C1(NCc2ccc3c(Cl)cnc(Cl)c3c2)CCCC1. The van der Waals surface area contributed by atoms with E-state index in [4.69, 9.17) is 23.2 Å². The third kappa shape index (κ3) is 2.85. The molecule has 0 atom stereocenters. The van der Waals surface area contributed by atoms with Crippen molar-refractivity contribution in [1.82, 2.24) is 10.3 Å². The molecule has 0 unspecified atom stereocenters. The van der Waals surface area contributed by atoms with E-state index in [-0.39, 0.29) is 11.3 Å². The molecule has 1 N–H and O–H groups in total. The van der Waals surface area contributed by atoms with Crippen LogP contribution in [0.25, 0.3) is 10.8 Å². The molecule has 0 radical (unpaired) electrons. The van der Waals surface area contributed by atoms with Gasteiger partial charge in [-0.1, -0.05) is 48.2 Å². The maximum Gasteiger partial charge on any atom is 0.149 e. The lowest BCUT2D eigenvalue weighted by Gasteiger charge is -2.27. The summed E-state index contributed by atoms with van der Waals surface area (Å²) < 4.78 is 0. The molecule has 0 aliphatic heterocycles. The van der Waals surface area contributed by atoms with Gasteiger partial charge in [0.05, 0.1) is 10.6 Å². The Morgan fingerprint density at radius 1 is 1.27 bits per heavy atom. The minimum atomic E-state index is -0.356. The summed E-state index contributed by atoms with van der Waals surface area (Å²) in [6, 6.07) is 5.96. The molecule has 1 aromatic carbocycles. The molecular weight excluding hydrogens is 319 g/mol. The highest BCUT2D eigenvalue weighted by Gasteiger charge is 2.37. The second-order valence-electron chi connectivity index (χ2n) is 5.98. The van der Waals surface area contributed by atoms with Crippen molar-refractivity contribution in [2.24, 2.45) is 0 Å². The molecule has 2 aromatic rings. The van der Waals surface area contributed by atoms with Gasteiger partial charge in [-0.2, -0.15) is 0 Å². The second kappa shape index (κ2) is 6.15. The minimum absolute atomic E-state index is 0.230. The van der Waals surface area contributed by atoms with Crippen LogP contribution in [0, 0.1) is 0 Å². The van der Waals surface area contributed by atoms with Crippen LogP contribution in [-0.2, 0) is 11.3 Å². The van der Waals surface area contributed by atoms with Crippen molar-refractivity contribution < 1.29 is 4.79 Å². The molecule has 1 heterocycles. The largest absolute Gasteiger partial charge is 0.301 e. The summed E-state index contributed by atoms with van der Waals surface area (Å²) in [5.74, 6) is 0.230. The number of benzene rings is 1. The molecule has 3 rings (SSSR count). The molecule has 0 bridgehead atoms. The Morgan fingerprint density at radius 2 is 2.00 bits per heavy atom. The third-order valence-corrected chi connectivity index (χ3v) is 5.22. The maximum atomic E-state index is 12.0. The van der Waals surface area contributed by atoms with Crippen LogP contribution >= 0.6 is 23.2 Å². The Morgan fingerprint density at radius 3 is 2.68 bits per heavy atom. The van der Waals surface area contributed by atoms with Gasteiger partial charge < -0.3 is 5.32 Å². The predicted octanol–water partition coefficient (Wildman–Crippen LogP) is 4.53. The number of nitrogens with zero attached hydrogens (tertiary/aromatic N) is 1. The first-order valence-electron chi connectivity index (χ1n) is 7.50. The Kier molecular flexibility index (Phi) is 4.40. The van der Waals surface area contributed by atoms with Crippen LogP contribution in [0.1, 0.15) is 38.2 Å². The molecule has 1 saturated carbocycles. The number of carbonyl (C=O) groups is 1. The summed E-state index contributed by atoms with van der Waals surface area (Å²) in [5.41, 5.74) is 0.719. The summed E-state index contributed by atoms with van der Waals surface area (Å²) in [5, 5.41) is 6.24. The Hall–Kier alpha value is -1.16. The van der Waals surface area contributed by atoms with Gasteiger partial charge in [0.1, 0.15) is 10.9 Å². The molecule has 1 aliphatic carbocycles. The van der Waals surface area contributed by atoms with Gasteiger partial charge in [-0.05, 0) is 31.4 Å². The number of carbonyl (C=O) groups excluding carboxylic acids is 1. The first kappa shape index (κ1) is 15.7. The molecule has 1 fully saturated rings. The van der Waals surface area contributed by atoms with Gasteiger partial charge in [-0.25, -0.2) is 4.98 Å². The molecule has 1 aliphatic rings. The smallest absolute Gasteiger partial charge is 0.149 e. The van der Waals surface area contributed by atoms with Gasteiger partial charge in [0.25, 0.3) is 0 Å². The summed E-state index contributed by atoms with van der Waals surface area (Å²) in [4.78, 5) is 16.1. The number of aromatic nitrogens is 1. The topological polar surface area (TPSA) is 42.0 Å². The lowest BCUT2D eigenvalue weighted by atomic mass is 9.92. The van der Waals surface area contributed by atoms with E-state index < -0.39 is 0 Å². The monoisotopic (exact) mass is 336 g/mol. The molecule has 0 amide bonds. The van der Waals surface area contributed by atoms with Crippen molar-refractivity contribution in [3.05, 3.63) is 40.1 Å². The molecule has 5 heteroatoms. The molecule has 3 nitrogen and oxygen atoms in total. The summed E-state index contributed by atoms with van der Waals surface area (Å²) >= 11 is 12.3. The molecule has 0 saturated heterocycles. The quantitative estimate of drug-likeness (QED) is 0.833. The second-order valence-corrected chi connectivity index (χ2v) is 6.74. The van der Waals surface area contributed by atoms with Gasteiger partial charge in [-0.3, -0.25) is 4.79 Å². The van der Waals surface area contributed by atoms with Crippen LogP contribution in [0.15, 0.2) is 24.4 Å². The van der Waals surface area contributed by atoms with E-state index in [2.05, 4.69) is 10.3 Å². The standard InChI is InChI=1S/C17H18Cl2N2O/c1-11(22)17(6-2-3-7-17)21-9-12-4-5-13-14(8-12)16(19)20-10-15(13)18/h4-5,8,10,21H,2-3,6-7,9H2,1H3. The average molecular weight is 337 g/mol. The molecule has 22 heavy (non-hydrogen) atoms. The lowest BCUT2D eigenvalue weighted by molar-refractivity contribution is -0.123. The van der Waals surface area contributed by atoms with Gasteiger partial charge in [0, 0.05) is 23.5 Å². The van der Waals surface area contributed by atoms with Crippen molar-refractivity contribution >= 4 is 39.8 Å². The van der Waals surface area contributed by atoms with Crippen LogP contribution in [-0.4, -0.2) is 16.3 Å². The van der Waals surface area contributed by atoms with Crippen LogP contribution < -0.4 is 5.32 Å². The fourth-order valence-electron chi connectivity index (χ4n) is 3.24. The number of ketones is 1. The summed E-state index contributed by atoms with van der Waals surface area (Å²) in [7, 11) is 0. The predicted molar refractivity (Wildman–Crippen MR) is 90.5 cm³/mol. The number of halogens is 2. The minimum Gasteiger partial charge on any atom is -0.301 e. The third-order valence-electron chi connectivity index (χ3n) is 4.62. The van der Waals surface area contributed by atoms with Crippen LogP contribution in [0.4, 0.5) is 0 Å². The molecule has 1 aromatic heterocycles. The fourth-order valence-corrected chi connectivity index (χ4v) is 3.65. The van der Waals surface area contributed by atoms with Crippen molar-refractivity contribution in [2.45, 2.75) is 44.7 Å². The van der Waals surface area contributed by atoms with E-state index in [1.807, 2.05) is 18.2 Å². The van der Waals surface area contributed by atoms with Crippen molar-refractivity contribution in [3.63, 3.8) is 0 Å². The first-order valence-corrected chi connectivity index (χ1v) is 8.26. The first-order chi connectivity index (χ1) is 10.5. The zero-order valence-corrected chi connectivity index (χ0v) is 14.0. The number of hydrogen-bond acceptors (Lipinski definition) is 3. The fraction of sp³-hybridized carbons (Fsp3) is 0.412. The number of pyridine rings is 1. The van der Waals surface area contributed by atoms with E-state index >= 15 is 0 Å². The zero-order valence-electron chi connectivity index (χ0n) is 12.5. The number of hydrogen-bond donors (Lipinski definition) is 1. The summed E-state index contributed by atoms with van der Waals surface area (Å²) in [6.45, 7) is 2.32. The van der Waals surface area contributed by atoms with Crippen LogP contribution in [0.3, 0.4) is 0 Å². The van der Waals surface area contributed by atoms with E-state index in [0.717, 1.165) is 42.0 Å². The number of fused-ring (bicyclic) bond motifs is 1. The van der Waals surface area contributed by atoms with Crippen molar-refractivity contribution in [1.29, 1.82) is 0 Å². The highest BCUT2D eigenvalue weighted by molar-refractivity contribution is 6.39.